The molecule has 0 aliphatic heterocycles. The van der Waals surface area contributed by atoms with Gasteiger partial charge in [0.1, 0.15) is 0 Å². The average molecular weight is 290 g/mol. The van der Waals surface area contributed by atoms with E-state index in [9.17, 15) is 9.59 Å². The van der Waals surface area contributed by atoms with E-state index in [-0.39, 0.29) is 11.8 Å². The smallest absolute Gasteiger partial charge is 0.254 e. The van der Waals surface area contributed by atoms with Gasteiger partial charge in [-0.05, 0) is 25.3 Å². The highest BCUT2D eigenvalue weighted by Gasteiger charge is 2.22. The highest BCUT2D eigenvalue weighted by atomic mass is 16.2. The Balaban J connectivity index is 1.80. The van der Waals surface area contributed by atoms with Crippen LogP contribution in [0, 0.1) is 0 Å². The summed E-state index contributed by atoms with van der Waals surface area (Å²) in [6, 6.07) is 2.14. The molecule has 1 aliphatic rings. The second-order valence-corrected chi connectivity index (χ2v) is 5.20. The third kappa shape index (κ3) is 5.06. The number of pyridine rings is 1. The second-order valence-electron chi connectivity index (χ2n) is 5.20. The van der Waals surface area contributed by atoms with Gasteiger partial charge in [0.15, 0.2) is 0 Å². The van der Waals surface area contributed by atoms with Gasteiger partial charge in [-0.25, -0.2) is 0 Å². The fourth-order valence-corrected chi connectivity index (χ4v) is 1.90. The van der Waals surface area contributed by atoms with Crippen LogP contribution in [0.25, 0.3) is 0 Å². The van der Waals surface area contributed by atoms with E-state index < -0.39 is 0 Å². The van der Waals surface area contributed by atoms with Crippen molar-refractivity contribution in [2.45, 2.75) is 38.6 Å². The van der Waals surface area contributed by atoms with Crippen molar-refractivity contribution in [1.29, 1.82) is 0 Å². The van der Waals surface area contributed by atoms with Crippen molar-refractivity contribution in [2.75, 3.05) is 18.4 Å². The zero-order chi connectivity index (χ0) is 15.1. The van der Waals surface area contributed by atoms with Gasteiger partial charge in [0.2, 0.25) is 5.91 Å². The lowest BCUT2D eigenvalue weighted by Crippen LogP contribution is -2.32. The summed E-state index contributed by atoms with van der Waals surface area (Å²) in [7, 11) is 0. The molecular formula is C15H22N4O2. The first-order chi connectivity index (χ1) is 10.2. The Morgan fingerprint density at radius 3 is 2.86 bits per heavy atom. The van der Waals surface area contributed by atoms with Gasteiger partial charge >= 0.3 is 0 Å². The third-order valence-electron chi connectivity index (χ3n) is 3.21. The van der Waals surface area contributed by atoms with Crippen LogP contribution in [-0.2, 0) is 4.79 Å². The standard InChI is InChI=1S/C15H22N4O2/c1-2-7-17-13-5-8-16-10-12(13)15(21)18-9-6-14(20)19-11-3-4-11/h5,8,10-11H,2-4,6-7,9H2,1H3,(H,16,17)(H,18,21)(H,19,20). The molecular weight excluding hydrogens is 268 g/mol. The third-order valence-corrected chi connectivity index (χ3v) is 3.21. The molecule has 6 heteroatoms. The van der Waals surface area contributed by atoms with Gasteiger partial charge in [-0.3, -0.25) is 14.6 Å². The number of amides is 2. The summed E-state index contributed by atoms with van der Waals surface area (Å²) in [5.41, 5.74) is 1.28. The molecule has 0 bridgehead atoms. The molecule has 6 nitrogen and oxygen atoms in total. The molecule has 1 saturated carbocycles. The Hall–Kier alpha value is -2.11. The molecule has 1 aromatic rings. The van der Waals surface area contributed by atoms with Crippen molar-refractivity contribution >= 4 is 17.5 Å². The van der Waals surface area contributed by atoms with Crippen LogP contribution in [0.4, 0.5) is 5.69 Å². The van der Waals surface area contributed by atoms with Crippen molar-refractivity contribution in [1.82, 2.24) is 15.6 Å². The zero-order valence-corrected chi connectivity index (χ0v) is 12.3. The number of nitrogens with zero attached hydrogens (tertiary/aromatic N) is 1. The van der Waals surface area contributed by atoms with Crippen molar-refractivity contribution in [3.8, 4) is 0 Å². The number of carbonyl (C=O) groups excluding carboxylic acids is 2. The molecule has 0 atom stereocenters. The Bertz CT molecular complexity index is 500. The lowest BCUT2D eigenvalue weighted by atomic mass is 10.2. The number of rotatable bonds is 8. The van der Waals surface area contributed by atoms with E-state index in [1.807, 2.05) is 0 Å². The molecule has 3 N–H and O–H groups in total. The maximum absolute atomic E-state index is 12.1. The number of carbonyl (C=O) groups is 2. The molecule has 1 aliphatic carbocycles. The van der Waals surface area contributed by atoms with Crippen LogP contribution in [0.5, 0.6) is 0 Å². The van der Waals surface area contributed by atoms with Crippen molar-refractivity contribution < 1.29 is 9.59 Å². The van der Waals surface area contributed by atoms with Crippen LogP contribution < -0.4 is 16.0 Å². The largest absolute Gasteiger partial charge is 0.384 e. The van der Waals surface area contributed by atoms with Crippen LogP contribution in [0.15, 0.2) is 18.5 Å². The Kier molecular flexibility index (Phi) is 5.54. The Morgan fingerprint density at radius 2 is 2.14 bits per heavy atom. The normalized spacial score (nSPS) is 13.6. The molecule has 0 aromatic carbocycles. The minimum Gasteiger partial charge on any atom is -0.384 e. The first-order valence-electron chi connectivity index (χ1n) is 7.46. The highest BCUT2D eigenvalue weighted by molar-refractivity contribution is 5.99. The second kappa shape index (κ2) is 7.61. The lowest BCUT2D eigenvalue weighted by Gasteiger charge is -2.11. The van der Waals surface area contributed by atoms with Gasteiger partial charge < -0.3 is 16.0 Å². The van der Waals surface area contributed by atoms with E-state index >= 15 is 0 Å². The molecule has 0 spiro atoms. The molecule has 0 radical (unpaired) electrons. The van der Waals surface area contributed by atoms with Crippen molar-refractivity contribution in [2.24, 2.45) is 0 Å². The fourth-order valence-electron chi connectivity index (χ4n) is 1.90. The minimum absolute atomic E-state index is 0.00619. The SMILES string of the molecule is CCCNc1ccncc1C(=O)NCCC(=O)NC1CC1. The number of hydrogen-bond donors (Lipinski definition) is 3. The maximum Gasteiger partial charge on any atom is 0.254 e. The van der Waals surface area contributed by atoms with Crippen molar-refractivity contribution in [3.63, 3.8) is 0 Å². The van der Waals surface area contributed by atoms with E-state index in [1.165, 1.54) is 6.20 Å². The first-order valence-corrected chi connectivity index (χ1v) is 7.46. The number of hydrogen-bond acceptors (Lipinski definition) is 4. The topological polar surface area (TPSA) is 83.1 Å². The van der Waals surface area contributed by atoms with Crippen LogP contribution >= 0.6 is 0 Å². The molecule has 1 fully saturated rings. The molecule has 2 rings (SSSR count). The summed E-state index contributed by atoms with van der Waals surface area (Å²) in [6.07, 6.45) is 6.61. The number of aromatic nitrogens is 1. The summed E-state index contributed by atoms with van der Waals surface area (Å²) in [5.74, 6) is -0.214. The molecule has 2 amide bonds. The van der Waals surface area contributed by atoms with Gasteiger partial charge in [0.05, 0.1) is 11.3 Å². The monoisotopic (exact) mass is 290 g/mol. The fraction of sp³-hybridized carbons (Fsp3) is 0.533. The zero-order valence-electron chi connectivity index (χ0n) is 12.3. The van der Waals surface area contributed by atoms with Crippen LogP contribution in [-0.4, -0.2) is 35.9 Å². The van der Waals surface area contributed by atoms with Crippen LogP contribution in [0.2, 0.25) is 0 Å². The predicted octanol–water partition coefficient (Wildman–Crippen LogP) is 1.30. The van der Waals surface area contributed by atoms with Crippen molar-refractivity contribution in [3.05, 3.63) is 24.0 Å². The summed E-state index contributed by atoms with van der Waals surface area (Å²) in [6.45, 7) is 3.19. The summed E-state index contributed by atoms with van der Waals surface area (Å²) < 4.78 is 0. The van der Waals surface area contributed by atoms with E-state index in [0.717, 1.165) is 31.5 Å². The average Bonchev–Trinajstić information content (AvgIpc) is 3.29. The van der Waals surface area contributed by atoms with Crippen LogP contribution in [0.1, 0.15) is 43.0 Å². The Morgan fingerprint density at radius 1 is 1.33 bits per heavy atom. The predicted molar refractivity (Wildman–Crippen MR) is 81.1 cm³/mol. The molecule has 0 unspecified atom stereocenters. The quantitative estimate of drug-likeness (QED) is 0.674. The van der Waals surface area contributed by atoms with Gasteiger partial charge in [0.25, 0.3) is 5.91 Å². The molecule has 114 valence electrons. The Labute approximate surface area is 124 Å². The molecule has 1 aromatic heterocycles. The number of anilines is 1. The van der Waals surface area contributed by atoms with Crippen LogP contribution in [0.3, 0.4) is 0 Å². The highest BCUT2D eigenvalue weighted by Crippen LogP contribution is 2.18. The van der Waals surface area contributed by atoms with E-state index in [4.69, 9.17) is 0 Å². The van der Waals surface area contributed by atoms with E-state index in [2.05, 4.69) is 27.9 Å². The summed E-state index contributed by atoms with van der Waals surface area (Å²) >= 11 is 0. The van der Waals surface area contributed by atoms with E-state index in [1.54, 1.807) is 12.3 Å². The number of nitrogens with one attached hydrogen (secondary N) is 3. The molecule has 0 saturated heterocycles. The van der Waals surface area contributed by atoms with E-state index in [0.29, 0.717) is 24.6 Å². The van der Waals surface area contributed by atoms with Gasteiger partial charge in [0, 0.05) is 37.9 Å². The summed E-state index contributed by atoms with van der Waals surface area (Å²) in [4.78, 5) is 27.6. The molecule has 1 heterocycles. The minimum atomic E-state index is -0.207. The summed E-state index contributed by atoms with van der Waals surface area (Å²) in [5, 5.41) is 8.85. The lowest BCUT2D eigenvalue weighted by molar-refractivity contribution is -0.121. The molecule has 21 heavy (non-hydrogen) atoms. The van der Waals surface area contributed by atoms with Gasteiger partial charge in [-0.1, -0.05) is 6.92 Å². The van der Waals surface area contributed by atoms with Gasteiger partial charge in [-0.15, -0.1) is 0 Å². The van der Waals surface area contributed by atoms with Gasteiger partial charge in [-0.2, -0.15) is 0 Å². The maximum atomic E-state index is 12.1. The first kappa shape index (κ1) is 15.3.